The predicted molar refractivity (Wildman–Crippen MR) is 138 cm³/mol. The minimum Gasteiger partial charge on any atom is -0.444 e. The summed E-state index contributed by atoms with van der Waals surface area (Å²) in [6, 6.07) is 9.89. The Morgan fingerprint density at radius 3 is 2.59 bits per heavy atom. The van der Waals surface area contributed by atoms with E-state index in [1.807, 2.05) is 51.1 Å². The highest BCUT2D eigenvalue weighted by Gasteiger charge is 2.59. The number of halogens is 1. The summed E-state index contributed by atoms with van der Waals surface area (Å²) < 4.78 is 11.4. The molecule has 3 N–H and O–H groups in total. The van der Waals surface area contributed by atoms with Crippen molar-refractivity contribution >= 4 is 36.0 Å². The van der Waals surface area contributed by atoms with Crippen LogP contribution in [0.25, 0.3) is 0 Å². The van der Waals surface area contributed by atoms with E-state index in [4.69, 9.17) is 14.5 Å². The van der Waals surface area contributed by atoms with Gasteiger partial charge >= 0.3 is 6.09 Å². The Labute approximate surface area is 209 Å². The largest absolute Gasteiger partial charge is 0.444 e. The van der Waals surface area contributed by atoms with Gasteiger partial charge in [-0.3, -0.25) is 4.99 Å². The van der Waals surface area contributed by atoms with Crippen LogP contribution in [-0.2, 0) is 9.47 Å². The lowest BCUT2D eigenvalue weighted by Crippen LogP contribution is -2.68. The zero-order valence-corrected chi connectivity index (χ0v) is 22.4. The Bertz CT molecular complexity index is 779. The van der Waals surface area contributed by atoms with Crippen molar-refractivity contribution in [2.45, 2.75) is 71.8 Å². The first-order chi connectivity index (χ1) is 14.6. The topological polar surface area (TPSA) is 84.0 Å². The standard InChI is InChI=1S/C24H38N4O3.HI/c1-7-25-21(28-19-17-13-14-30-20(17)24(19,5)6)26-15-18(16-11-9-8-10-12-16)27-22(29)31-23(2,3)4;/h8-12,17-20H,7,13-15H2,1-6H3,(H,27,29)(H2,25,26,28);1H. The summed E-state index contributed by atoms with van der Waals surface area (Å²) in [5, 5.41) is 9.96. The first-order valence-corrected chi connectivity index (χ1v) is 11.3. The number of guanidine groups is 1. The van der Waals surface area contributed by atoms with Gasteiger partial charge in [0.15, 0.2) is 5.96 Å². The Morgan fingerprint density at radius 1 is 1.28 bits per heavy atom. The monoisotopic (exact) mass is 558 g/mol. The van der Waals surface area contributed by atoms with Gasteiger partial charge in [0.25, 0.3) is 0 Å². The number of rotatable bonds is 6. The number of benzene rings is 1. The van der Waals surface area contributed by atoms with Gasteiger partial charge in [0.1, 0.15) is 5.60 Å². The molecule has 4 unspecified atom stereocenters. The molecule has 0 aromatic heterocycles. The van der Waals surface area contributed by atoms with E-state index in [2.05, 4.69) is 36.7 Å². The SMILES string of the molecule is CCNC(=NCC(NC(=O)OC(C)(C)C)c1ccccc1)NC1C2CCOC2C1(C)C.I. The molecule has 1 saturated heterocycles. The minimum absolute atomic E-state index is 0. The summed E-state index contributed by atoms with van der Waals surface area (Å²) in [5.74, 6) is 1.28. The summed E-state index contributed by atoms with van der Waals surface area (Å²) in [6.45, 7) is 14.1. The van der Waals surface area contributed by atoms with Crippen LogP contribution in [-0.4, -0.2) is 49.5 Å². The maximum absolute atomic E-state index is 12.4. The second-order valence-electron chi connectivity index (χ2n) is 10.0. The molecule has 2 fully saturated rings. The number of fused-ring (bicyclic) bond motifs is 1. The lowest BCUT2D eigenvalue weighted by molar-refractivity contribution is -0.106. The quantitative estimate of drug-likeness (QED) is 0.277. The van der Waals surface area contributed by atoms with E-state index < -0.39 is 11.7 Å². The molecule has 1 aromatic rings. The van der Waals surface area contributed by atoms with Crippen LogP contribution in [0, 0.1) is 11.3 Å². The van der Waals surface area contributed by atoms with Crippen molar-refractivity contribution in [1.29, 1.82) is 0 Å². The summed E-state index contributed by atoms with van der Waals surface area (Å²) in [6.07, 6.45) is 0.956. The molecule has 180 valence electrons. The van der Waals surface area contributed by atoms with E-state index >= 15 is 0 Å². The molecule has 1 aliphatic carbocycles. The number of hydrogen-bond donors (Lipinski definition) is 3. The minimum atomic E-state index is -0.555. The number of alkyl carbamates (subject to hydrolysis) is 1. The molecule has 1 aromatic carbocycles. The zero-order valence-electron chi connectivity index (χ0n) is 20.1. The van der Waals surface area contributed by atoms with E-state index in [1.165, 1.54) is 0 Å². The average molecular weight is 559 g/mol. The predicted octanol–water partition coefficient (Wildman–Crippen LogP) is 4.24. The summed E-state index contributed by atoms with van der Waals surface area (Å²) in [4.78, 5) is 17.3. The second kappa shape index (κ2) is 11.0. The molecule has 1 aliphatic heterocycles. The van der Waals surface area contributed by atoms with Crippen LogP contribution in [0.1, 0.15) is 59.6 Å². The summed E-state index contributed by atoms with van der Waals surface area (Å²) >= 11 is 0. The van der Waals surface area contributed by atoms with Crippen molar-refractivity contribution < 1.29 is 14.3 Å². The molecule has 1 heterocycles. The Hall–Kier alpha value is -1.55. The van der Waals surface area contributed by atoms with Gasteiger partial charge in [-0.1, -0.05) is 44.2 Å². The maximum atomic E-state index is 12.4. The van der Waals surface area contributed by atoms with E-state index in [0.29, 0.717) is 24.6 Å². The lowest BCUT2D eigenvalue weighted by atomic mass is 9.57. The summed E-state index contributed by atoms with van der Waals surface area (Å²) in [5.41, 5.74) is 0.493. The lowest BCUT2D eigenvalue weighted by Gasteiger charge is -2.54. The Morgan fingerprint density at radius 2 is 1.97 bits per heavy atom. The number of nitrogens with one attached hydrogen (secondary N) is 3. The molecular formula is C24H39IN4O3. The number of amides is 1. The maximum Gasteiger partial charge on any atom is 0.408 e. The average Bonchev–Trinajstić information content (AvgIpc) is 3.15. The third-order valence-electron chi connectivity index (χ3n) is 6.06. The molecule has 0 radical (unpaired) electrons. The molecule has 8 heteroatoms. The van der Waals surface area contributed by atoms with Gasteiger partial charge in [0.05, 0.1) is 18.7 Å². The van der Waals surface area contributed by atoms with E-state index in [1.54, 1.807) is 0 Å². The highest BCUT2D eigenvalue weighted by molar-refractivity contribution is 14.0. The van der Waals surface area contributed by atoms with Crippen molar-refractivity contribution in [1.82, 2.24) is 16.0 Å². The highest BCUT2D eigenvalue weighted by Crippen LogP contribution is 2.52. The number of aliphatic imine (C=N–C) groups is 1. The van der Waals surface area contributed by atoms with Crippen molar-refractivity contribution in [3.05, 3.63) is 35.9 Å². The molecule has 1 amide bonds. The Balaban J connectivity index is 0.00000363. The number of ether oxygens (including phenoxy) is 2. The van der Waals surface area contributed by atoms with Gasteiger partial charge in [-0.25, -0.2) is 4.79 Å². The zero-order chi connectivity index (χ0) is 22.6. The van der Waals surface area contributed by atoms with Crippen LogP contribution in [0.5, 0.6) is 0 Å². The van der Waals surface area contributed by atoms with E-state index in [9.17, 15) is 4.79 Å². The molecule has 1 saturated carbocycles. The molecule has 32 heavy (non-hydrogen) atoms. The fourth-order valence-electron chi connectivity index (χ4n) is 4.64. The number of carbonyl (C=O) groups excluding carboxylic acids is 1. The van der Waals surface area contributed by atoms with Crippen LogP contribution < -0.4 is 16.0 Å². The van der Waals surface area contributed by atoms with Gasteiger partial charge in [-0.15, -0.1) is 24.0 Å². The smallest absolute Gasteiger partial charge is 0.408 e. The van der Waals surface area contributed by atoms with Gasteiger partial charge < -0.3 is 25.4 Å². The molecule has 0 spiro atoms. The first kappa shape index (κ1) is 26.7. The third-order valence-corrected chi connectivity index (χ3v) is 6.06. The van der Waals surface area contributed by atoms with Crippen molar-refractivity contribution in [3.63, 3.8) is 0 Å². The molecule has 4 atom stereocenters. The van der Waals surface area contributed by atoms with Crippen molar-refractivity contribution in [2.24, 2.45) is 16.3 Å². The van der Waals surface area contributed by atoms with Gasteiger partial charge in [0.2, 0.25) is 0 Å². The van der Waals surface area contributed by atoms with E-state index in [0.717, 1.165) is 31.1 Å². The normalized spacial score (nSPS) is 24.9. The number of carbonyl (C=O) groups is 1. The van der Waals surface area contributed by atoms with Gasteiger partial charge in [-0.2, -0.15) is 0 Å². The van der Waals surface area contributed by atoms with Crippen LogP contribution in [0.4, 0.5) is 4.79 Å². The molecule has 7 nitrogen and oxygen atoms in total. The second-order valence-corrected chi connectivity index (χ2v) is 10.0. The van der Waals surface area contributed by atoms with Crippen molar-refractivity contribution in [3.8, 4) is 0 Å². The molecule has 3 rings (SSSR count). The first-order valence-electron chi connectivity index (χ1n) is 11.3. The van der Waals surface area contributed by atoms with Gasteiger partial charge in [0, 0.05) is 30.5 Å². The summed E-state index contributed by atoms with van der Waals surface area (Å²) in [7, 11) is 0. The van der Waals surface area contributed by atoms with Crippen molar-refractivity contribution in [2.75, 3.05) is 19.7 Å². The Kier molecular flexibility index (Phi) is 9.22. The fourth-order valence-corrected chi connectivity index (χ4v) is 4.64. The van der Waals surface area contributed by atoms with Crippen LogP contribution >= 0.6 is 24.0 Å². The molecule has 2 aliphatic rings. The highest BCUT2D eigenvalue weighted by atomic mass is 127. The molecule has 0 bridgehead atoms. The van der Waals surface area contributed by atoms with Crippen LogP contribution in [0.15, 0.2) is 35.3 Å². The molecular weight excluding hydrogens is 519 g/mol. The van der Waals surface area contributed by atoms with Crippen LogP contribution in [0.3, 0.4) is 0 Å². The number of nitrogens with zero attached hydrogens (tertiary/aromatic N) is 1. The third kappa shape index (κ3) is 6.50. The van der Waals surface area contributed by atoms with Crippen LogP contribution in [0.2, 0.25) is 0 Å². The van der Waals surface area contributed by atoms with E-state index in [-0.39, 0.29) is 35.4 Å². The van der Waals surface area contributed by atoms with Gasteiger partial charge in [-0.05, 0) is 39.7 Å². The number of hydrogen-bond acceptors (Lipinski definition) is 4. The fraction of sp³-hybridized carbons (Fsp3) is 0.667.